The lowest BCUT2D eigenvalue weighted by atomic mass is 10.1. The first kappa shape index (κ1) is 18.4. The van der Waals surface area contributed by atoms with Crippen molar-refractivity contribution in [3.63, 3.8) is 0 Å². The predicted octanol–water partition coefficient (Wildman–Crippen LogP) is 3.76. The van der Waals surface area contributed by atoms with E-state index in [2.05, 4.69) is 5.32 Å². The number of benzene rings is 2. The van der Waals surface area contributed by atoms with Gasteiger partial charge in [0, 0.05) is 11.8 Å². The van der Waals surface area contributed by atoms with E-state index in [-0.39, 0.29) is 14.7 Å². The number of amides is 1. The molecule has 2 aromatic rings. The van der Waals surface area contributed by atoms with Crippen LogP contribution in [0.3, 0.4) is 0 Å². The average molecular weight is 449 g/mol. The lowest BCUT2D eigenvalue weighted by Crippen LogP contribution is -2.13. The van der Waals surface area contributed by atoms with Crippen molar-refractivity contribution in [1.29, 1.82) is 5.26 Å². The molecule has 0 aliphatic heterocycles. The summed E-state index contributed by atoms with van der Waals surface area (Å²) in [7, 11) is 0. The molecule has 0 saturated carbocycles. The second-order valence-corrected chi connectivity index (χ2v) is 6.28. The molecule has 25 heavy (non-hydrogen) atoms. The van der Waals surface area contributed by atoms with Crippen LogP contribution in [0.15, 0.2) is 42.0 Å². The number of rotatable bonds is 4. The lowest BCUT2D eigenvalue weighted by molar-refractivity contribution is -0.386. The SMILES string of the molecule is Cc1cccc(NC(=O)/C(C#N)=C\c2cc(I)c(O)c([N+](=O)[O-])c2)c1. The molecular weight excluding hydrogens is 437 g/mol. The van der Waals surface area contributed by atoms with Gasteiger partial charge in [0.15, 0.2) is 0 Å². The summed E-state index contributed by atoms with van der Waals surface area (Å²) in [6, 6.07) is 11.4. The van der Waals surface area contributed by atoms with Crippen LogP contribution in [0.25, 0.3) is 6.08 Å². The number of hydrogen-bond acceptors (Lipinski definition) is 5. The van der Waals surface area contributed by atoms with Crippen LogP contribution in [0.1, 0.15) is 11.1 Å². The third kappa shape index (κ3) is 4.54. The molecule has 0 atom stereocenters. The summed E-state index contributed by atoms with van der Waals surface area (Å²) in [4.78, 5) is 22.5. The molecule has 126 valence electrons. The summed E-state index contributed by atoms with van der Waals surface area (Å²) >= 11 is 1.74. The van der Waals surface area contributed by atoms with Crippen molar-refractivity contribution in [2.45, 2.75) is 6.92 Å². The average Bonchev–Trinajstić information content (AvgIpc) is 2.55. The number of nitrogens with zero attached hydrogens (tertiary/aromatic N) is 2. The van der Waals surface area contributed by atoms with E-state index in [1.807, 2.05) is 13.0 Å². The van der Waals surface area contributed by atoms with Crippen LogP contribution >= 0.6 is 22.6 Å². The standard InChI is InChI=1S/C17H12IN3O4/c1-10-3-2-4-13(5-10)20-17(23)12(9-19)6-11-7-14(18)16(22)15(8-11)21(24)25/h2-8,22H,1H3,(H,20,23)/b12-6-. The van der Waals surface area contributed by atoms with Gasteiger partial charge < -0.3 is 10.4 Å². The highest BCUT2D eigenvalue weighted by molar-refractivity contribution is 14.1. The third-order valence-electron chi connectivity index (χ3n) is 3.21. The summed E-state index contributed by atoms with van der Waals surface area (Å²) in [6.45, 7) is 1.87. The number of anilines is 1. The Bertz CT molecular complexity index is 932. The fraction of sp³-hybridized carbons (Fsp3) is 0.0588. The zero-order valence-electron chi connectivity index (χ0n) is 13.0. The maximum Gasteiger partial charge on any atom is 0.312 e. The van der Waals surface area contributed by atoms with Crippen LogP contribution < -0.4 is 5.32 Å². The zero-order valence-corrected chi connectivity index (χ0v) is 15.1. The number of nitro groups is 1. The van der Waals surface area contributed by atoms with Gasteiger partial charge in [0.2, 0.25) is 5.75 Å². The summed E-state index contributed by atoms with van der Waals surface area (Å²) in [5.41, 5.74) is 1.05. The molecule has 1 amide bonds. The number of carbonyl (C=O) groups excluding carboxylic acids is 1. The van der Waals surface area contributed by atoms with Crippen LogP contribution in [0, 0.1) is 31.9 Å². The summed E-state index contributed by atoms with van der Waals surface area (Å²) in [5, 5.41) is 32.5. The fourth-order valence-electron chi connectivity index (χ4n) is 2.06. The van der Waals surface area contributed by atoms with Gasteiger partial charge in [-0.3, -0.25) is 14.9 Å². The molecule has 0 unspecified atom stereocenters. The first-order valence-corrected chi connectivity index (χ1v) is 8.06. The molecule has 7 nitrogen and oxygen atoms in total. The van der Waals surface area contributed by atoms with Crippen LogP contribution in [0.4, 0.5) is 11.4 Å². The maximum absolute atomic E-state index is 12.2. The highest BCUT2D eigenvalue weighted by atomic mass is 127. The van der Waals surface area contributed by atoms with Crippen LogP contribution in [-0.4, -0.2) is 15.9 Å². The van der Waals surface area contributed by atoms with Gasteiger partial charge in [-0.05, 0) is 64.9 Å². The first-order valence-electron chi connectivity index (χ1n) is 6.98. The number of carbonyl (C=O) groups is 1. The Balaban J connectivity index is 2.35. The normalized spacial score (nSPS) is 10.8. The molecule has 0 aliphatic carbocycles. The number of nitrogens with one attached hydrogen (secondary N) is 1. The highest BCUT2D eigenvalue weighted by Crippen LogP contribution is 2.33. The number of hydrogen-bond donors (Lipinski definition) is 2. The molecule has 0 heterocycles. The van der Waals surface area contributed by atoms with E-state index in [4.69, 9.17) is 0 Å². The molecule has 0 fully saturated rings. The van der Waals surface area contributed by atoms with E-state index in [1.165, 1.54) is 12.1 Å². The second kappa shape index (κ2) is 7.76. The first-order chi connectivity index (χ1) is 11.8. The Morgan fingerprint density at radius 1 is 1.40 bits per heavy atom. The molecule has 0 saturated heterocycles. The van der Waals surface area contributed by atoms with Crippen molar-refractivity contribution in [3.8, 4) is 11.8 Å². The van der Waals surface area contributed by atoms with E-state index < -0.39 is 22.3 Å². The predicted molar refractivity (Wildman–Crippen MR) is 101 cm³/mol. The minimum Gasteiger partial charge on any atom is -0.501 e. The van der Waals surface area contributed by atoms with Crippen LogP contribution in [0.2, 0.25) is 0 Å². The van der Waals surface area contributed by atoms with E-state index in [0.29, 0.717) is 5.69 Å². The molecule has 8 heteroatoms. The molecule has 0 spiro atoms. The maximum atomic E-state index is 12.2. The Morgan fingerprint density at radius 2 is 2.12 bits per heavy atom. The summed E-state index contributed by atoms with van der Waals surface area (Å²) < 4.78 is 0.245. The van der Waals surface area contributed by atoms with Crippen molar-refractivity contribution >= 4 is 45.9 Å². The lowest BCUT2D eigenvalue weighted by Gasteiger charge is -2.06. The number of nitro benzene ring substituents is 1. The van der Waals surface area contributed by atoms with Crippen molar-refractivity contribution in [3.05, 3.63) is 66.8 Å². The number of aromatic hydroxyl groups is 1. The summed E-state index contributed by atoms with van der Waals surface area (Å²) in [6.07, 6.45) is 1.24. The molecule has 0 bridgehead atoms. The molecule has 2 rings (SSSR count). The molecule has 0 aromatic heterocycles. The minimum atomic E-state index is -0.728. The second-order valence-electron chi connectivity index (χ2n) is 5.12. The van der Waals surface area contributed by atoms with Gasteiger partial charge in [0.1, 0.15) is 11.6 Å². The largest absolute Gasteiger partial charge is 0.501 e. The Hall–Kier alpha value is -2.93. The van der Waals surface area contributed by atoms with Crippen molar-refractivity contribution in [2.24, 2.45) is 0 Å². The number of nitriles is 1. The van der Waals surface area contributed by atoms with Crippen molar-refractivity contribution in [2.75, 3.05) is 5.32 Å². The summed E-state index contributed by atoms with van der Waals surface area (Å²) in [5.74, 6) is -1.08. The third-order valence-corrected chi connectivity index (χ3v) is 4.04. The quantitative estimate of drug-likeness (QED) is 0.243. The van der Waals surface area contributed by atoms with Gasteiger partial charge in [-0.1, -0.05) is 12.1 Å². The Kier molecular flexibility index (Phi) is 5.71. The van der Waals surface area contributed by atoms with E-state index in [0.717, 1.165) is 11.6 Å². The van der Waals surface area contributed by atoms with E-state index in [9.17, 15) is 25.3 Å². The number of phenolic OH excluding ortho intramolecular Hbond substituents is 1. The van der Waals surface area contributed by atoms with Gasteiger partial charge in [-0.25, -0.2) is 0 Å². The number of halogens is 1. The zero-order chi connectivity index (χ0) is 18.6. The van der Waals surface area contributed by atoms with Gasteiger partial charge >= 0.3 is 5.69 Å². The van der Waals surface area contributed by atoms with Gasteiger partial charge in [0.25, 0.3) is 5.91 Å². The Morgan fingerprint density at radius 3 is 2.72 bits per heavy atom. The van der Waals surface area contributed by atoms with Gasteiger partial charge in [0.05, 0.1) is 8.49 Å². The molecule has 0 aliphatic rings. The molecule has 2 aromatic carbocycles. The topological polar surface area (TPSA) is 116 Å². The van der Waals surface area contributed by atoms with Crippen molar-refractivity contribution < 1.29 is 14.8 Å². The monoisotopic (exact) mass is 449 g/mol. The van der Waals surface area contributed by atoms with Crippen LogP contribution in [0.5, 0.6) is 5.75 Å². The van der Waals surface area contributed by atoms with E-state index in [1.54, 1.807) is 46.9 Å². The Labute approximate surface area is 156 Å². The van der Waals surface area contributed by atoms with Gasteiger partial charge in [-0.2, -0.15) is 5.26 Å². The number of phenols is 1. The van der Waals surface area contributed by atoms with Crippen LogP contribution in [-0.2, 0) is 4.79 Å². The fourth-order valence-corrected chi connectivity index (χ4v) is 2.70. The molecular formula is C17H12IN3O4. The molecule has 2 N–H and O–H groups in total. The smallest absolute Gasteiger partial charge is 0.312 e. The highest BCUT2D eigenvalue weighted by Gasteiger charge is 2.18. The molecule has 0 radical (unpaired) electrons. The van der Waals surface area contributed by atoms with Gasteiger partial charge in [-0.15, -0.1) is 0 Å². The minimum absolute atomic E-state index is 0.211. The number of aryl methyl sites for hydroxylation is 1. The van der Waals surface area contributed by atoms with Crippen molar-refractivity contribution in [1.82, 2.24) is 0 Å². The van der Waals surface area contributed by atoms with E-state index >= 15 is 0 Å².